The van der Waals surface area contributed by atoms with Crippen LogP contribution >= 0.6 is 0 Å². The SMILES string of the molecule is C.[O]=[V+2].c1ccc2c(c1)ccc1nc3c(nc12)-c1nc-3nc2[n-]c(nc3nc(nc4[n-]c(n1)c1nc5ccc6ccccc6c5nc41)-c1nc4ccc5ccccc5c4nc1-3)c1nc3ccc4ccccc4c3nc21. The Balaban J connectivity index is 0.00000163. The van der Waals surface area contributed by atoms with E-state index in [-0.39, 0.29) is 53.3 Å². The molecule has 0 fully saturated rings. The third-order valence-electron chi connectivity index (χ3n) is 13.6. The largest absolute Gasteiger partial charge is 0.354 e. The molecule has 0 aliphatic carbocycles. The van der Waals surface area contributed by atoms with Gasteiger partial charge in [0.15, 0.2) is 0 Å². The molecule has 15 aromatic rings. The number of benzene rings is 8. The van der Waals surface area contributed by atoms with E-state index in [2.05, 4.69) is 0 Å². The summed E-state index contributed by atoms with van der Waals surface area (Å²) in [4.78, 5) is 83.0. The van der Waals surface area contributed by atoms with E-state index in [1.54, 1.807) is 0 Å². The topological polar surface area (TPSA) is 226 Å². The van der Waals surface area contributed by atoms with Gasteiger partial charge in [0.25, 0.3) is 0 Å². The van der Waals surface area contributed by atoms with Crippen LogP contribution in [-0.2, 0) is 21.0 Å². The third-order valence-corrected chi connectivity index (χ3v) is 13.6. The van der Waals surface area contributed by atoms with Crippen LogP contribution in [0.4, 0.5) is 0 Å². The van der Waals surface area contributed by atoms with Crippen LogP contribution in [0.15, 0.2) is 146 Å². The Bertz CT molecular complexity index is 4910. The molecular formula is C57H28N16OV. The number of hydrogen-bond donors (Lipinski definition) is 0. The van der Waals surface area contributed by atoms with Crippen LogP contribution in [0.25, 0.3) is 178 Å². The van der Waals surface area contributed by atoms with Gasteiger partial charge < -0.3 is 29.9 Å². The Morgan fingerprint density at radius 2 is 0.520 bits per heavy atom. The molecule has 0 saturated carbocycles. The molecule has 2 aliphatic rings. The normalized spacial score (nSPS) is 12.0. The van der Waals surface area contributed by atoms with E-state index >= 15 is 0 Å². The monoisotopic (exact) mass is 1000 g/mol. The first-order chi connectivity index (χ1) is 36.6. The Kier molecular flexibility index (Phi) is 9.05. The zero-order valence-corrected chi connectivity index (χ0v) is 39.3. The average Bonchev–Trinajstić information content (AvgIpc) is 4.18. The summed E-state index contributed by atoms with van der Waals surface area (Å²) in [6, 6.07) is 48.2. The first kappa shape index (κ1) is 42.6. The Morgan fingerprint density at radius 1 is 0.253 bits per heavy atom. The first-order valence-electron chi connectivity index (χ1n) is 23.3. The van der Waals surface area contributed by atoms with Gasteiger partial charge in [-0.25, -0.2) is 49.8 Å². The zero-order chi connectivity index (χ0) is 48.8. The van der Waals surface area contributed by atoms with Gasteiger partial charge in [-0.05, 0) is 45.8 Å². The van der Waals surface area contributed by atoms with E-state index in [0.29, 0.717) is 89.0 Å². The first-order valence-corrected chi connectivity index (χ1v) is 23.9. The van der Waals surface area contributed by atoms with Crippen molar-refractivity contribution in [3.8, 4) is 46.1 Å². The third kappa shape index (κ3) is 6.25. The Hall–Kier alpha value is -10.1. The number of rotatable bonds is 0. The van der Waals surface area contributed by atoms with Crippen molar-refractivity contribution in [2.24, 2.45) is 0 Å². The zero-order valence-electron chi connectivity index (χ0n) is 37.9. The van der Waals surface area contributed by atoms with Crippen LogP contribution in [0.5, 0.6) is 0 Å². The van der Waals surface area contributed by atoms with E-state index < -0.39 is 0 Å². The van der Waals surface area contributed by atoms with Gasteiger partial charge in [0, 0.05) is 44.1 Å². The van der Waals surface area contributed by atoms with Gasteiger partial charge in [-0.2, -0.15) is 0 Å². The summed E-state index contributed by atoms with van der Waals surface area (Å²) in [7, 11) is 0. The van der Waals surface area contributed by atoms with Crippen molar-refractivity contribution < 1.29 is 21.0 Å². The molecule has 0 spiro atoms. The summed E-state index contributed by atoms with van der Waals surface area (Å²) < 4.78 is 8.19. The molecular weight excluding hydrogens is 976 g/mol. The summed E-state index contributed by atoms with van der Waals surface area (Å²) >= 11 is 1.06. The molecule has 0 saturated heterocycles. The fraction of sp³-hybridized carbons (Fsp3) is 0.0175. The molecule has 0 atom stereocenters. The summed E-state index contributed by atoms with van der Waals surface area (Å²) in [6.07, 6.45) is 0. The van der Waals surface area contributed by atoms with Crippen LogP contribution in [0.1, 0.15) is 7.43 Å². The second-order valence-electron chi connectivity index (χ2n) is 17.8. The predicted molar refractivity (Wildman–Crippen MR) is 284 cm³/mol. The minimum Gasteiger partial charge on any atom is -0.354 e. The minimum absolute atomic E-state index is 0. The maximum atomic E-state index is 8.19. The molecule has 0 amide bonds. The van der Waals surface area contributed by atoms with E-state index in [9.17, 15) is 0 Å². The van der Waals surface area contributed by atoms with E-state index in [1.165, 1.54) is 0 Å². The molecule has 7 aromatic heterocycles. The van der Waals surface area contributed by atoms with Gasteiger partial charge in [0.05, 0.1) is 44.1 Å². The minimum atomic E-state index is 0. The standard InChI is InChI=1S/C56H24N16.CH4.O.V/c1-5-13-29-25(9-1)17-21-33-37(29)61-45-41(57-33)49-65-53(45)69-50-42-46(62-38-30-14-6-2-10-26(30)18-22-34(38)58-42)55(66-50)71-52-44-48(64-40-32-16-8-4-12-28(32)20-24-36(40)60-44)56(68-52)72-51-43-47(54(67-51)70-49)63-39-31-15-7-3-11-27(31)19-23-35(39)59-43;;;/h1-24H;1H4;;/q-2;;;+2. The van der Waals surface area contributed by atoms with E-state index in [1.807, 2.05) is 146 Å². The van der Waals surface area contributed by atoms with Crippen molar-refractivity contribution >= 4 is 132 Å². The second-order valence-corrected chi connectivity index (χ2v) is 17.8. The van der Waals surface area contributed by atoms with E-state index in [0.717, 1.165) is 60.5 Å². The van der Waals surface area contributed by atoms with Gasteiger partial charge >= 0.3 is 21.0 Å². The molecule has 0 radical (unpaired) electrons. The summed E-state index contributed by atoms with van der Waals surface area (Å²) in [5, 5.41) is 7.78. The van der Waals surface area contributed by atoms with Crippen LogP contribution in [0.3, 0.4) is 0 Å². The number of aromatic nitrogens is 16. The van der Waals surface area contributed by atoms with Crippen molar-refractivity contribution in [2.75, 3.05) is 0 Å². The van der Waals surface area contributed by atoms with Crippen molar-refractivity contribution in [3.63, 3.8) is 0 Å². The molecule has 17 rings (SSSR count). The van der Waals surface area contributed by atoms with Crippen LogP contribution in [-0.4, -0.2) is 69.8 Å². The number of fused-ring (bicyclic) bond motifs is 32. The van der Waals surface area contributed by atoms with Crippen LogP contribution in [0, 0.1) is 0 Å². The van der Waals surface area contributed by atoms with Crippen molar-refractivity contribution in [2.45, 2.75) is 7.43 Å². The molecule has 18 heteroatoms. The smallest absolute Gasteiger partial charge is 0.121 e. The maximum absolute atomic E-state index is 8.19. The van der Waals surface area contributed by atoms with Gasteiger partial charge in [-0.3, -0.25) is 0 Å². The van der Waals surface area contributed by atoms with Gasteiger partial charge in [0.2, 0.25) is 0 Å². The molecule has 17 nitrogen and oxygen atoms in total. The van der Waals surface area contributed by atoms with Gasteiger partial charge in [-0.1, -0.05) is 129 Å². The molecule has 2 aliphatic heterocycles. The van der Waals surface area contributed by atoms with Crippen LogP contribution < -0.4 is 9.97 Å². The molecule has 347 valence electrons. The predicted octanol–water partition coefficient (Wildman–Crippen LogP) is 11.0. The fourth-order valence-electron chi connectivity index (χ4n) is 10.3. The fourth-order valence-corrected chi connectivity index (χ4v) is 10.3. The maximum Gasteiger partial charge on any atom is 0.121 e. The molecule has 8 aromatic carbocycles. The molecule has 9 heterocycles. The summed E-state index contributed by atoms with van der Waals surface area (Å²) in [6.45, 7) is 0. The number of hydrogen-bond acceptors (Lipinski definition) is 15. The van der Waals surface area contributed by atoms with E-state index in [4.69, 9.17) is 83.4 Å². The van der Waals surface area contributed by atoms with Gasteiger partial charge in [0.1, 0.15) is 68.1 Å². The molecule has 0 N–H and O–H groups in total. The number of nitrogens with zero attached hydrogens (tertiary/aromatic N) is 16. The van der Waals surface area contributed by atoms with Crippen molar-refractivity contribution in [3.05, 3.63) is 146 Å². The molecule has 75 heavy (non-hydrogen) atoms. The Labute approximate surface area is 429 Å². The quantitative estimate of drug-likeness (QED) is 0.129. The average molecular weight is 1000 g/mol. The Morgan fingerprint density at radius 3 is 0.853 bits per heavy atom. The molecule has 0 unspecified atom stereocenters. The van der Waals surface area contributed by atoms with Gasteiger partial charge in [-0.15, -0.1) is 0 Å². The molecule has 8 bridgehead atoms. The van der Waals surface area contributed by atoms with Crippen molar-refractivity contribution in [1.29, 1.82) is 0 Å². The second kappa shape index (κ2) is 16.0. The summed E-state index contributed by atoms with van der Waals surface area (Å²) in [5.41, 5.74) is 9.47. The van der Waals surface area contributed by atoms with Crippen molar-refractivity contribution in [1.82, 2.24) is 79.7 Å². The summed E-state index contributed by atoms with van der Waals surface area (Å²) in [5.74, 6) is 0.876. The van der Waals surface area contributed by atoms with Crippen LogP contribution in [0.2, 0.25) is 0 Å².